The van der Waals surface area contributed by atoms with E-state index in [9.17, 15) is 4.79 Å². The van der Waals surface area contributed by atoms with Crippen LogP contribution in [0.4, 0.5) is 5.69 Å². The summed E-state index contributed by atoms with van der Waals surface area (Å²) in [6.45, 7) is 0.503. The molecule has 2 aromatic carbocycles. The number of aryl methyl sites for hydroxylation is 1. The maximum Gasteiger partial charge on any atom is 0.227 e. The van der Waals surface area contributed by atoms with Crippen LogP contribution in [0.3, 0.4) is 0 Å². The van der Waals surface area contributed by atoms with E-state index >= 15 is 0 Å². The van der Waals surface area contributed by atoms with E-state index < -0.39 is 0 Å². The summed E-state index contributed by atoms with van der Waals surface area (Å²) in [5, 5.41) is 0. The number of hydrogen-bond donors (Lipinski definition) is 0. The standard InChI is InChI=1S/C22H22N2O2/c1-26-21-12-6-5-9-19(21)13-14-22(25)24(20-10-3-2-4-11-20)17-18-8-7-15-23-16-18/h2-12,15-16H,13-14,17H2,1H3. The number of aromatic nitrogens is 1. The third kappa shape index (κ3) is 4.48. The summed E-state index contributed by atoms with van der Waals surface area (Å²) >= 11 is 0. The van der Waals surface area contributed by atoms with Gasteiger partial charge in [0, 0.05) is 24.5 Å². The minimum Gasteiger partial charge on any atom is -0.496 e. The summed E-state index contributed by atoms with van der Waals surface area (Å²) in [6, 6.07) is 21.4. The van der Waals surface area contributed by atoms with E-state index in [1.54, 1.807) is 19.5 Å². The zero-order valence-electron chi connectivity index (χ0n) is 14.8. The van der Waals surface area contributed by atoms with Crippen LogP contribution in [0.25, 0.3) is 0 Å². The molecule has 1 aromatic heterocycles. The molecule has 4 heteroatoms. The van der Waals surface area contributed by atoms with Crippen LogP contribution < -0.4 is 9.64 Å². The molecular weight excluding hydrogens is 324 g/mol. The average molecular weight is 346 g/mol. The van der Waals surface area contributed by atoms with Gasteiger partial charge in [0.2, 0.25) is 5.91 Å². The van der Waals surface area contributed by atoms with E-state index in [0.29, 0.717) is 19.4 Å². The van der Waals surface area contributed by atoms with Gasteiger partial charge in [-0.2, -0.15) is 0 Å². The quantitative estimate of drug-likeness (QED) is 0.642. The van der Waals surface area contributed by atoms with Crippen molar-refractivity contribution in [3.8, 4) is 5.75 Å². The first kappa shape index (κ1) is 17.7. The Hall–Kier alpha value is -3.14. The summed E-state index contributed by atoms with van der Waals surface area (Å²) < 4.78 is 5.39. The van der Waals surface area contributed by atoms with Crippen molar-refractivity contribution in [2.75, 3.05) is 12.0 Å². The second-order valence-corrected chi connectivity index (χ2v) is 5.99. The predicted octanol–water partition coefficient (Wildman–Crippen LogP) is 4.26. The molecule has 0 aliphatic carbocycles. The molecule has 0 atom stereocenters. The first-order valence-corrected chi connectivity index (χ1v) is 8.64. The summed E-state index contributed by atoms with van der Waals surface area (Å²) in [5.41, 5.74) is 2.93. The molecule has 0 saturated heterocycles. The molecule has 0 saturated carbocycles. The van der Waals surface area contributed by atoms with Crippen LogP contribution in [0.2, 0.25) is 0 Å². The number of hydrogen-bond acceptors (Lipinski definition) is 3. The lowest BCUT2D eigenvalue weighted by Crippen LogP contribution is -2.30. The van der Waals surface area contributed by atoms with E-state index in [1.165, 1.54) is 0 Å². The van der Waals surface area contributed by atoms with Crippen molar-refractivity contribution in [3.63, 3.8) is 0 Å². The lowest BCUT2D eigenvalue weighted by atomic mass is 10.1. The molecule has 1 heterocycles. The normalized spacial score (nSPS) is 10.3. The first-order valence-electron chi connectivity index (χ1n) is 8.64. The molecule has 3 rings (SSSR count). The smallest absolute Gasteiger partial charge is 0.227 e. The molecule has 0 bridgehead atoms. The van der Waals surface area contributed by atoms with Gasteiger partial charge in [-0.1, -0.05) is 42.5 Å². The molecule has 0 aliphatic heterocycles. The number of carbonyl (C=O) groups is 1. The Morgan fingerprint density at radius 1 is 1.00 bits per heavy atom. The summed E-state index contributed by atoms with van der Waals surface area (Å²) in [4.78, 5) is 19.0. The number of anilines is 1. The Kier molecular flexibility index (Phi) is 5.99. The van der Waals surface area contributed by atoms with E-state index in [-0.39, 0.29) is 5.91 Å². The maximum atomic E-state index is 13.0. The van der Waals surface area contributed by atoms with Crippen molar-refractivity contribution in [2.24, 2.45) is 0 Å². The fourth-order valence-electron chi connectivity index (χ4n) is 2.89. The Morgan fingerprint density at radius 2 is 1.77 bits per heavy atom. The monoisotopic (exact) mass is 346 g/mol. The highest BCUT2D eigenvalue weighted by Gasteiger charge is 2.17. The number of nitrogens with zero attached hydrogens (tertiary/aromatic N) is 2. The van der Waals surface area contributed by atoms with Crippen LogP contribution in [-0.2, 0) is 17.8 Å². The van der Waals surface area contributed by atoms with Crippen molar-refractivity contribution >= 4 is 11.6 Å². The van der Waals surface area contributed by atoms with Gasteiger partial charge in [0.1, 0.15) is 5.75 Å². The van der Waals surface area contributed by atoms with E-state index in [1.807, 2.05) is 71.6 Å². The second kappa shape index (κ2) is 8.81. The minimum absolute atomic E-state index is 0.0750. The van der Waals surface area contributed by atoms with Gasteiger partial charge in [0.15, 0.2) is 0 Å². The van der Waals surface area contributed by atoms with E-state index in [4.69, 9.17) is 4.74 Å². The highest BCUT2D eigenvalue weighted by molar-refractivity contribution is 5.93. The number of ether oxygens (including phenoxy) is 1. The predicted molar refractivity (Wildman–Crippen MR) is 103 cm³/mol. The molecule has 0 N–H and O–H groups in total. The molecule has 4 nitrogen and oxygen atoms in total. The van der Waals surface area contributed by atoms with Crippen LogP contribution in [0.5, 0.6) is 5.75 Å². The number of amides is 1. The third-order valence-corrected chi connectivity index (χ3v) is 4.23. The van der Waals surface area contributed by atoms with Crippen molar-refractivity contribution < 1.29 is 9.53 Å². The molecular formula is C22H22N2O2. The topological polar surface area (TPSA) is 42.4 Å². The fourth-order valence-corrected chi connectivity index (χ4v) is 2.89. The van der Waals surface area contributed by atoms with Gasteiger partial charge in [0.25, 0.3) is 0 Å². The van der Waals surface area contributed by atoms with E-state index in [2.05, 4.69) is 4.98 Å². The summed E-state index contributed by atoms with van der Waals surface area (Å²) in [6.07, 6.45) is 4.58. The number of pyridine rings is 1. The Morgan fingerprint density at radius 3 is 2.50 bits per heavy atom. The van der Waals surface area contributed by atoms with Gasteiger partial charge in [-0.05, 0) is 41.8 Å². The number of rotatable bonds is 7. The van der Waals surface area contributed by atoms with Gasteiger partial charge in [-0.15, -0.1) is 0 Å². The van der Waals surface area contributed by atoms with Crippen molar-refractivity contribution in [1.29, 1.82) is 0 Å². The molecule has 0 unspecified atom stereocenters. The van der Waals surface area contributed by atoms with Crippen LogP contribution in [-0.4, -0.2) is 18.0 Å². The largest absolute Gasteiger partial charge is 0.496 e. The molecule has 1 amide bonds. The molecule has 132 valence electrons. The zero-order chi connectivity index (χ0) is 18.2. The average Bonchev–Trinajstić information content (AvgIpc) is 2.72. The maximum absolute atomic E-state index is 13.0. The minimum atomic E-state index is 0.0750. The Balaban J connectivity index is 1.76. The number of para-hydroxylation sites is 2. The van der Waals surface area contributed by atoms with E-state index in [0.717, 1.165) is 22.6 Å². The summed E-state index contributed by atoms with van der Waals surface area (Å²) in [7, 11) is 1.65. The highest BCUT2D eigenvalue weighted by Crippen LogP contribution is 2.22. The number of benzene rings is 2. The third-order valence-electron chi connectivity index (χ3n) is 4.23. The molecule has 26 heavy (non-hydrogen) atoms. The van der Waals surface area contributed by atoms with Gasteiger partial charge in [-0.25, -0.2) is 0 Å². The van der Waals surface area contributed by atoms with Crippen molar-refractivity contribution in [2.45, 2.75) is 19.4 Å². The number of methoxy groups -OCH3 is 1. The number of carbonyl (C=O) groups excluding carboxylic acids is 1. The molecule has 0 spiro atoms. The van der Waals surface area contributed by atoms with Gasteiger partial charge in [-0.3, -0.25) is 9.78 Å². The lowest BCUT2D eigenvalue weighted by Gasteiger charge is -2.23. The molecule has 3 aromatic rings. The van der Waals surface area contributed by atoms with Gasteiger partial charge in [0.05, 0.1) is 13.7 Å². The Bertz CT molecular complexity index is 835. The molecule has 0 fully saturated rings. The fraction of sp³-hybridized carbons (Fsp3) is 0.182. The van der Waals surface area contributed by atoms with Crippen LogP contribution in [0.1, 0.15) is 17.5 Å². The SMILES string of the molecule is COc1ccccc1CCC(=O)N(Cc1cccnc1)c1ccccc1. The van der Waals surface area contributed by atoms with Gasteiger partial charge < -0.3 is 9.64 Å². The molecule has 0 radical (unpaired) electrons. The highest BCUT2D eigenvalue weighted by atomic mass is 16.5. The Labute approximate surface area is 154 Å². The van der Waals surface area contributed by atoms with Crippen LogP contribution in [0.15, 0.2) is 79.1 Å². The van der Waals surface area contributed by atoms with Crippen LogP contribution in [0, 0.1) is 0 Å². The van der Waals surface area contributed by atoms with Crippen LogP contribution >= 0.6 is 0 Å². The zero-order valence-corrected chi connectivity index (χ0v) is 14.8. The summed E-state index contributed by atoms with van der Waals surface area (Å²) in [5.74, 6) is 0.893. The lowest BCUT2D eigenvalue weighted by molar-refractivity contribution is -0.118. The van der Waals surface area contributed by atoms with Crippen molar-refractivity contribution in [3.05, 3.63) is 90.3 Å². The van der Waals surface area contributed by atoms with Gasteiger partial charge >= 0.3 is 0 Å². The molecule has 0 aliphatic rings. The van der Waals surface area contributed by atoms with Crippen molar-refractivity contribution in [1.82, 2.24) is 4.98 Å². The first-order chi connectivity index (χ1) is 12.8. The second-order valence-electron chi connectivity index (χ2n) is 5.99.